The molecule has 1 aromatic carbocycles. The van der Waals surface area contributed by atoms with Crippen molar-refractivity contribution in [2.24, 2.45) is 0 Å². The molecule has 4 heteroatoms. The number of likely N-dealkylation sites (N-methyl/N-ethyl adjacent to an activating group) is 1. The first-order chi connectivity index (χ1) is 7.61. The zero-order valence-electron chi connectivity index (χ0n) is 9.69. The molecule has 90 valence electrons. The van der Waals surface area contributed by atoms with Gasteiger partial charge in [-0.3, -0.25) is 0 Å². The Morgan fingerprint density at radius 2 is 1.81 bits per heavy atom. The lowest BCUT2D eigenvalue weighted by molar-refractivity contribution is 0.505. The summed E-state index contributed by atoms with van der Waals surface area (Å²) in [6.07, 6.45) is 0. The average molecular weight is 228 g/mol. The molecule has 1 aromatic rings. The van der Waals surface area contributed by atoms with Gasteiger partial charge < -0.3 is 10.6 Å². The minimum absolute atomic E-state index is 0.270. The van der Waals surface area contributed by atoms with Crippen LogP contribution in [0.2, 0.25) is 0 Å². The van der Waals surface area contributed by atoms with Gasteiger partial charge in [-0.05, 0) is 31.2 Å². The zero-order valence-corrected chi connectivity index (χ0v) is 9.69. The number of hydrogen-bond acceptors (Lipinski definition) is 2. The van der Waals surface area contributed by atoms with Crippen LogP contribution < -0.4 is 10.6 Å². The third kappa shape index (κ3) is 4.68. The summed E-state index contributed by atoms with van der Waals surface area (Å²) < 4.78 is 25.7. The van der Waals surface area contributed by atoms with Gasteiger partial charge in [0, 0.05) is 25.2 Å². The maximum Gasteiger partial charge on any atom is 0.126 e. The van der Waals surface area contributed by atoms with E-state index in [1.54, 1.807) is 0 Å². The lowest BCUT2D eigenvalue weighted by atomic mass is 10.2. The molecule has 0 aromatic heterocycles. The Bertz CT molecular complexity index is 309. The van der Waals surface area contributed by atoms with Gasteiger partial charge in [0.25, 0.3) is 0 Å². The molecule has 0 aliphatic carbocycles. The fourth-order valence-electron chi connectivity index (χ4n) is 1.44. The Morgan fingerprint density at radius 1 is 1.19 bits per heavy atom. The molecule has 0 saturated carbocycles. The van der Waals surface area contributed by atoms with Crippen molar-refractivity contribution in [1.82, 2.24) is 10.6 Å². The van der Waals surface area contributed by atoms with Crippen molar-refractivity contribution in [3.63, 3.8) is 0 Å². The molecule has 0 saturated heterocycles. The van der Waals surface area contributed by atoms with Crippen molar-refractivity contribution in [3.05, 3.63) is 35.4 Å². The molecule has 1 unspecified atom stereocenters. The summed E-state index contributed by atoms with van der Waals surface area (Å²) in [5.41, 5.74) is 0.626. The van der Waals surface area contributed by atoms with E-state index < -0.39 is 11.6 Å². The van der Waals surface area contributed by atoms with E-state index in [1.807, 2.05) is 13.8 Å². The summed E-state index contributed by atoms with van der Waals surface area (Å²) in [5, 5.41) is 6.39. The normalized spacial score (nSPS) is 12.8. The fraction of sp³-hybridized carbons (Fsp3) is 0.500. The second kappa shape index (κ2) is 6.55. The molecule has 1 rings (SSSR count). The molecule has 0 radical (unpaired) electrons. The van der Waals surface area contributed by atoms with Crippen molar-refractivity contribution in [2.45, 2.75) is 26.4 Å². The first-order valence-electron chi connectivity index (χ1n) is 5.51. The largest absolute Gasteiger partial charge is 0.315 e. The van der Waals surface area contributed by atoms with Crippen molar-refractivity contribution in [2.75, 3.05) is 13.1 Å². The highest BCUT2D eigenvalue weighted by Gasteiger charge is 2.03. The number of hydrogen-bond donors (Lipinski definition) is 2. The number of halogens is 2. The van der Waals surface area contributed by atoms with Gasteiger partial charge >= 0.3 is 0 Å². The summed E-state index contributed by atoms with van der Waals surface area (Å²) in [4.78, 5) is 0. The van der Waals surface area contributed by atoms with Gasteiger partial charge in [-0.2, -0.15) is 0 Å². The third-order valence-electron chi connectivity index (χ3n) is 2.28. The molecule has 0 spiro atoms. The zero-order chi connectivity index (χ0) is 12.0. The third-order valence-corrected chi connectivity index (χ3v) is 2.28. The van der Waals surface area contributed by atoms with E-state index in [0.29, 0.717) is 12.1 Å². The van der Waals surface area contributed by atoms with E-state index in [2.05, 4.69) is 10.6 Å². The first-order valence-corrected chi connectivity index (χ1v) is 5.51. The quantitative estimate of drug-likeness (QED) is 0.778. The van der Waals surface area contributed by atoms with Crippen LogP contribution >= 0.6 is 0 Å². The van der Waals surface area contributed by atoms with Gasteiger partial charge in [0.2, 0.25) is 0 Å². The van der Waals surface area contributed by atoms with E-state index in [1.165, 1.54) is 12.1 Å². The number of rotatable bonds is 6. The highest BCUT2D eigenvalue weighted by Crippen LogP contribution is 2.07. The Kier molecular flexibility index (Phi) is 5.35. The van der Waals surface area contributed by atoms with Crippen LogP contribution in [-0.4, -0.2) is 19.1 Å². The molecule has 2 nitrogen and oxygen atoms in total. The van der Waals surface area contributed by atoms with Crippen LogP contribution in [-0.2, 0) is 6.54 Å². The topological polar surface area (TPSA) is 24.1 Å². The maximum absolute atomic E-state index is 12.9. The molecule has 0 amide bonds. The van der Waals surface area contributed by atoms with Crippen LogP contribution in [0.1, 0.15) is 19.4 Å². The smallest absolute Gasteiger partial charge is 0.126 e. The molecular formula is C12H18F2N2. The van der Waals surface area contributed by atoms with Crippen LogP contribution in [0, 0.1) is 11.6 Å². The molecule has 16 heavy (non-hydrogen) atoms. The van der Waals surface area contributed by atoms with Gasteiger partial charge in [0.1, 0.15) is 11.6 Å². The second-order valence-electron chi connectivity index (χ2n) is 3.87. The van der Waals surface area contributed by atoms with Gasteiger partial charge in [-0.25, -0.2) is 8.78 Å². The van der Waals surface area contributed by atoms with Crippen molar-refractivity contribution >= 4 is 0 Å². The standard InChI is InChI=1S/C12H18F2N2/c1-3-15-7-9(2)16-8-10-4-11(13)6-12(14)5-10/h4-6,9,15-16H,3,7-8H2,1-2H3. The molecule has 1 atom stereocenters. The maximum atomic E-state index is 12.9. The molecule has 0 aliphatic rings. The van der Waals surface area contributed by atoms with Crippen molar-refractivity contribution in [1.29, 1.82) is 0 Å². The Labute approximate surface area is 95.1 Å². The number of benzene rings is 1. The van der Waals surface area contributed by atoms with Gasteiger partial charge in [-0.15, -0.1) is 0 Å². The van der Waals surface area contributed by atoms with Crippen LogP contribution in [0.4, 0.5) is 8.78 Å². The minimum atomic E-state index is -0.531. The van der Waals surface area contributed by atoms with Crippen molar-refractivity contribution in [3.8, 4) is 0 Å². The van der Waals surface area contributed by atoms with Crippen LogP contribution in [0.3, 0.4) is 0 Å². The fourth-order valence-corrected chi connectivity index (χ4v) is 1.44. The van der Waals surface area contributed by atoms with E-state index >= 15 is 0 Å². The van der Waals surface area contributed by atoms with E-state index in [0.717, 1.165) is 19.2 Å². The minimum Gasteiger partial charge on any atom is -0.315 e. The predicted octanol–water partition coefficient (Wildman–Crippen LogP) is 2.05. The average Bonchev–Trinajstić information content (AvgIpc) is 2.22. The highest BCUT2D eigenvalue weighted by molar-refractivity contribution is 5.17. The Balaban J connectivity index is 2.41. The SMILES string of the molecule is CCNCC(C)NCc1cc(F)cc(F)c1. The van der Waals surface area contributed by atoms with Gasteiger partial charge in [-0.1, -0.05) is 6.92 Å². The molecule has 0 aliphatic heterocycles. The van der Waals surface area contributed by atoms with E-state index in [-0.39, 0.29) is 6.04 Å². The van der Waals surface area contributed by atoms with E-state index in [4.69, 9.17) is 0 Å². The van der Waals surface area contributed by atoms with Crippen molar-refractivity contribution < 1.29 is 8.78 Å². The highest BCUT2D eigenvalue weighted by atomic mass is 19.1. The second-order valence-corrected chi connectivity index (χ2v) is 3.87. The summed E-state index contributed by atoms with van der Waals surface area (Å²) in [6.45, 7) is 6.29. The molecule has 0 heterocycles. The summed E-state index contributed by atoms with van der Waals surface area (Å²) in [7, 11) is 0. The monoisotopic (exact) mass is 228 g/mol. The van der Waals surface area contributed by atoms with Crippen LogP contribution in [0.15, 0.2) is 18.2 Å². The van der Waals surface area contributed by atoms with Crippen LogP contribution in [0.5, 0.6) is 0 Å². The van der Waals surface area contributed by atoms with Crippen LogP contribution in [0.25, 0.3) is 0 Å². The molecule has 0 bridgehead atoms. The molecular weight excluding hydrogens is 210 g/mol. The molecule has 2 N–H and O–H groups in total. The van der Waals surface area contributed by atoms with E-state index in [9.17, 15) is 8.78 Å². The first kappa shape index (κ1) is 13.1. The lowest BCUT2D eigenvalue weighted by Gasteiger charge is -2.14. The van der Waals surface area contributed by atoms with Gasteiger partial charge in [0.05, 0.1) is 0 Å². The van der Waals surface area contributed by atoms with Gasteiger partial charge in [0.15, 0.2) is 0 Å². The summed E-state index contributed by atoms with van der Waals surface area (Å²) in [5.74, 6) is -1.06. The number of nitrogens with one attached hydrogen (secondary N) is 2. The summed E-state index contributed by atoms with van der Waals surface area (Å²) in [6, 6.07) is 3.84. The lowest BCUT2D eigenvalue weighted by Crippen LogP contribution is -2.35. The Hall–Kier alpha value is -1.00. The Morgan fingerprint density at radius 3 is 2.38 bits per heavy atom. The summed E-state index contributed by atoms with van der Waals surface area (Å²) >= 11 is 0. The molecule has 0 fully saturated rings. The predicted molar refractivity (Wildman–Crippen MR) is 61.2 cm³/mol.